The van der Waals surface area contributed by atoms with Crippen LogP contribution in [0.3, 0.4) is 0 Å². The van der Waals surface area contributed by atoms with E-state index in [1.54, 1.807) is 0 Å². The number of aliphatic hydroxyl groups excluding tert-OH is 1. The third-order valence-electron chi connectivity index (χ3n) is 2.15. The average Bonchev–Trinajstić information content (AvgIpc) is 2.24. The molecular weight excluding hydrogens is 228 g/mol. The van der Waals surface area contributed by atoms with Gasteiger partial charge in [-0.2, -0.15) is 4.31 Å². The van der Waals surface area contributed by atoms with E-state index < -0.39 is 10.0 Å². The zero-order valence-electron chi connectivity index (χ0n) is 9.85. The minimum absolute atomic E-state index is 0.127. The Morgan fingerprint density at radius 1 is 1.44 bits per heavy atom. The van der Waals surface area contributed by atoms with Crippen molar-refractivity contribution in [3.63, 3.8) is 0 Å². The van der Waals surface area contributed by atoms with Crippen molar-refractivity contribution in [2.45, 2.75) is 12.8 Å². The number of nitrogens with one attached hydrogen (secondary N) is 1. The first kappa shape index (κ1) is 15.6. The molecule has 0 saturated heterocycles. The highest BCUT2D eigenvalue weighted by Gasteiger charge is 2.19. The van der Waals surface area contributed by atoms with Gasteiger partial charge in [0, 0.05) is 13.1 Å². The van der Waals surface area contributed by atoms with Gasteiger partial charge in [0.2, 0.25) is 10.0 Å². The van der Waals surface area contributed by atoms with E-state index in [1.807, 2.05) is 7.05 Å². The smallest absolute Gasteiger partial charge is 0.214 e. The minimum Gasteiger partial charge on any atom is -0.395 e. The molecule has 0 aliphatic heterocycles. The lowest BCUT2D eigenvalue weighted by molar-refractivity contribution is 0.260. The van der Waals surface area contributed by atoms with Crippen molar-refractivity contribution in [2.24, 2.45) is 0 Å². The summed E-state index contributed by atoms with van der Waals surface area (Å²) in [6.45, 7) is 4.56. The first-order valence-electron chi connectivity index (χ1n) is 5.42. The molecular formula is C10H22N2O3S. The predicted molar refractivity (Wildman–Crippen MR) is 65.8 cm³/mol. The molecule has 6 heteroatoms. The molecule has 0 radical (unpaired) electrons. The van der Waals surface area contributed by atoms with E-state index in [-0.39, 0.29) is 25.4 Å². The van der Waals surface area contributed by atoms with E-state index in [2.05, 4.69) is 11.9 Å². The van der Waals surface area contributed by atoms with Gasteiger partial charge in [0.25, 0.3) is 0 Å². The molecule has 0 saturated carbocycles. The molecule has 0 amide bonds. The van der Waals surface area contributed by atoms with Crippen LogP contribution in [0.4, 0.5) is 0 Å². The maximum atomic E-state index is 11.8. The van der Waals surface area contributed by atoms with E-state index in [0.717, 1.165) is 13.0 Å². The fraction of sp³-hybridized carbons (Fsp3) is 0.800. The van der Waals surface area contributed by atoms with Crippen LogP contribution < -0.4 is 5.32 Å². The highest BCUT2D eigenvalue weighted by Crippen LogP contribution is 2.04. The maximum Gasteiger partial charge on any atom is 0.214 e. The monoisotopic (exact) mass is 250 g/mol. The first-order valence-corrected chi connectivity index (χ1v) is 7.03. The highest BCUT2D eigenvalue weighted by molar-refractivity contribution is 7.89. The van der Waals surface area contributed by atoms with Crippen molar-refractivity contribution in [3.8, 4) is 0 Å². The van der Waals surface area contributed by atoms with Crippen molar-refractivity contribution in [1.29, 1.82) is 0 Å². The quantitative estimate of drug-likeness (QED) is 0.416. The number of hydrogen-bond acceptors (Lipinski definition) is 4. The van der Waals surface area contributed by atoms with Gasteiger partial charge >= 0.3 is 0 Å². The number of sulfonamides is 1. The maximum absolute atomic E-state index is 11.8. The van der Waals surface area contributed by atoms with Gasteiger partial charge in [-0.05, 0) is 26.4 Å². The van der Waals surface area contributed by atoms with Gasteiger partial charge in [-0.1, -0.05) is 6.08 Å². The normalized spacial score (nSPS) is 11.9. The number of hydrogen-bond donors (Lipinski definition) is 2. The van der Waals surface area contributed by atoms with Gasteiger partial charge in [0.1, 0.15) is 0 Å². The van der Waals surface area contributed by atoms with E-state index >= 15 is 0 Å². The Balaban J connectivity index is 4.18. The van der Waals surface area contributed by atoms with Crippen LogP contribution in [0.2, 0.25) is 0 Å². The predicted octanol–water partition coefficient (Wildman–Crippen LogP) is -0.204. The van der Waals surface area contributed by atoms with Gasteiger partial charge in [-0.3, -0.25) is 0 Å². The third kappa shape index (κ3) is 6.22. The zero-order chi connectivity index (χ0) is 12.4. The Kier molecular flexibility index (Phi) is 8.46. The molecule has 0 aromatic carbocycles. The molecule has 0 aliphatic rings. The molecule has 0 aliphatic carbocycles. The molecule has 0 heterocycles. The lowest BCUT2D eigenvalue weighted by atomic mass is 10.3. The van der Waals surface area contributed by atoms with Crippen molar-refractivity contribution in [3.05, 3.63) is 12.7 Å². The van der Waals surface area contributed by atoms with Crippen molar-refractivity contribution in [2.75, 3.05) is 39.0 Å². The van der Waals surface area contributed by atoms with Crippen LogP contribution in [0.25, 0.3) is 0 Å². The molecule has 96 valence electrons. The van der Waals surface area contributed by atoms with Gasteiger partial charge in [0.05, 0.1) is 12.4 Å². The zero-order valence-corrected chi connectivity index (χ0v) is 10.7. The molecule has 16 heavy (non-hydrogen) atoms. The third-order valence-corrected chi connectivity index (χ3v) is 4.08. The van der Waals surface area contributed by atoms with Crippen molar-refractivity contribution >= 4 is 10.0 Å². The number of unbranched alkanes of at least 4 members (excludes halogenated alkanes) is 1. The Morgan fingerprint density at radius 3 is 2.62 bits per heavy atom. The van der Waals surface area contributed by atoms with Crippen LogP contribution >= 0.6 is 0 Å². The standard InChI is InChI=1S/C10H22N2O3S/c1-3-7-12(8-9-13)16(14,15)10-5-4-6-11-2/h3,11,13H,1,4-10H2,2H3. The van der Waals surface area contributed by atoms with Crippen LogP contribution in [0.1, 0.15) is 12.8 Å². The molecule has 2 N–H and O–H groups in total. The van der Waals surface area contributed by atoms with Crippen LogP contribution in [0.15, 0.2) is 12.7 Å². The summed E-state index contributed by atoms with van der Waals surface area (Å²) in [5.74, 6) is 0.127. The van der Waals surface area contributed by atoms with Gasteiger partial charge in [0.15, 0.2) is 0 Å². The fourth-order valence-electron chi connectivity index (χ4n) is 1.31. The summed E-state index contributed by atoms with van der Waals surface area (Å²) in [6, 6.07) is 0. The number of aliphatic hydroxyl groups is 1. The summed E-state index contributed by atoms with van der Waals surface area (Å²) in [6.07, 6.45) is 2.99. The van der Waals surface area contributed by atoms with Crippen LogP contribution in [0, 0.1) is 0 Å². The van der Waals surface area contributed by atoms with Gasteiger partial charge in [-0.25, -0.2) is 8.42 Å². The SMILES string of the molecule is C=CCN(CCO)S(=O)(=O)CCCCNC. The van der Waals surface area contributed by atoms with E-state index in [4.69, 9.17) is 5.11 Å². The molecule has 0 unspecified atom stereocenters. The van der Waals surface area contributed by atoms with Crippen LogP contribution in [-0.2, 0) is 10.0 Å². The van der Waals surface area contributed by atoms with Gasteiger partial charge in [-0.15, -0.1) is 6.58 Å². The number of nitrogens with zero attached hydrogens (tertiary/aromatic N) is 1. The summed E-state index contributed by atoms with van der Waals surface area (Å²) in [4.78, 5) is 0. The van der Waals surface area contributed by atoms with Gasteiger partial charge < -0.3 is 10.4 Å². The summed E-state index contributed by atoms with van der Waals surface area (Å²) >= 11 is 0. The summed E-state index contributed by atoms with van der Waals surface area (Å²) in [5, 5.41) is 11.8. The van der Waals surface area contributed by atoms with Crippen LogP contribution in [0.5, 0.6) is 0 Å². The summed E-state index contributed by atoms with van der Waals surface area (Å²) in [5.41, 5.74) is 0. The molecule has 0 bridgehead atoms. The minimum atomic E-state index is -3.25. The van der Waals surface area contributed by atoms with E-state index in [9.17, 15) is 8.42 Å². The Labute approximate surface area is 98.2 Å². The summed E-state index contributed by atoms with van der Waals surface area (Å²) in [7, 11) is -1.42. The highest BCUT2D eigenvalue weighted by atomic mass is 32.2. The van der Waals surface area contributed by atoms with Crippen molar-refractivity contribution < 1.29 is 13.5 Å². The van der Waals surface area contributed by atoms with Crippen molar-refractivity contribution in [1.82, 2.24) is 9.62 Å². The molecule has 0 atom stereocenters. The fourth-order valence-corrected chi connectivity index (χ4v) is 2.83. The lowest BCUT2D eigenvalue weighted by Crippen LogP contribution is -2.35. The molecule has 0 aromatic rings. The second-order valence-corrected chi connectivity index (χ2v) is 5.59. The summed E-state index contributed by atoms with van der Waals surface area (Å²) < 4.78 is 24.9. The Morgan fingerprint density at radius 2 is 2.12 bits per heavy atom. The van der Waals surface area contributed by atoms with E-state index in [0.29, 0.717) is 6.42 Å². The molecule has 0 spiro atoms. The molecule has 5 nitrogen and oxygen atoms in total. The lowest BCUT2D eigenvalue weighted by Gasteiger charge is -2.19. The van der Waals surface area contributed by atoms with E-state index in [1.165, 1.54) is 10.4 Å². The average molecular weight is 250 g/mol. The number of rotatable bonds is 10. The van der Waals surface area contributed by atoms with Crippen LogP contribution in [-0.4, -0.2) is 56.9 Å². The molecule has 0 fully saturated rings. The topological polar surface area (TPSA) is 69.6 Å². The first-order chi connectivity index (χ1) is 7.58. The Bertz CT molecular complexity index is 278. The second-order valence-electron chi connectivity index (χ2n) is 3.50. The largest absolute Gasteiger partial charge is 0.395 e. The Hall–Kier alpha value is -0.430. The molecule has 0 aromatic heterocycles. The molecule has 0 rings (SSSR count). The second kappa shape index (κ2) is 8.69.